The number of rotatable bonds is 1. The van der Waals surface area contributed by atoms with Gasteiger partial charge in [0.15, 0.2) is 0 Å². The third-order valence-electron chi connectivity index (χ3n) is 1.92. The highest BCUT2D eigenvalue weighted by Crippen LogP contribution is 2.37. The molecular formula is C9H6NO2S. The van der Waals surface area contributed by atoms with Gasteiger partial charge in [0.2, 0.25) is 0 Å². The average molecular weight is 192 g/mol. The highest BCUT2D eigenvalue weighted by molar-refractivity contribution is 7.08. The van der Waals surface area contributed by atoms with Crippen molar-refractivity contribution < 1.29 is 4.92 Å². The third kappa shape index (κ3) is 1.19. The molecule has 0 bridgehead atoms. The van der Waals surface area contributed by atoms with E-state index in [1.807, 2.05) is 11.4 Å². The normalized spacial score (nSPS) is 10.5. The lowest BCUT2D eigenvalue weighted by molar-refractivity contribution is -0.383. The second-order valence-electron chi connectivity index (χ2n) is 2.70. The quantitative estimate of drug-likeness (QED) is 0.515. The molecular weight excluding hydrogens is 186 g/mol. The number of hydrogen-bond donors (Lipinski definition) is 0. The van der Waals surface area contributed by atoms with Crippen molar-refractivity contribution in [2.75, 3.05) is 0 Å². The molecule has 1 aliphatic heterocycles. The Bertz CT molecular complexity index is 435. The number of nitrogens with zero attached hydrogens (tertiary/aromatic N) is 1. The zero-order chi connectivity index (χ0) is 9.42. The predicted octanol–water partition coefficient (Wildman–Crippen LogP) is 2.94. The van der Waals surface area contributed by atoms with E-state index in [1.54, 1.807) is 5.38 Å². The van der Waals surface area contributed by atoms with E-state index in [1.165, 1.54) is 17.4 Å². The van der Waals surface area contributed by atoms with E-state index in [4.69, 9.17) is 0 Å². The lowest BCUT2D eigenvalue weighted by Crippen LogP contribution is -1.85. The molecule has 0 aromatic carbocycles. The van der Waals surface area contributed by atoms with Crippen LogP contribution in [0.3, 0.4) is 0 Å². The van der Waals surface area contributed by atoms with Crippen LogP contribution in [0.2, 0.25) is 0 Å². The Balaban J connectivity index is 2.74. The van der Waals surface area contributed by atoms with Crippen molar-refractivity contribution >= 4 is 17.0 Å². The Hall–Kier alpha value is -1.42. The van der Waals surface area contributed by atoms with Gasteiger partial charge in [0.1, 0.15) is 0 Å². The van der Waals surface area contributed by atoms with Gasteiger partial charge in [-0.2, -0.15) is 11.3 Å². The Morgan fingerprint density at radius 1 is 1.46 bits per heavy atom. The molecule has 13 heavy (non-hydrogen) atoms. The van der Waals surface area contributed by atoms with E-state index < -0.39 is 0 Å². The third-order valence-corrected chi connectivity index (χ3v) is 2.58. The molecule has 0 saturated heterocycles. The second-order valence-corrected chi connectivity index (χ2v) is 3.48. The first-order chi connectivity index (χ1) is 6.20. The maximum absolute atomic E-state index is 10.6. The lowest BCUT2D eigenvalue weighted by Gasteiger charge is -1.96. The average Bonchev–Trinajstić information content (AvgIpc) is 2.45. The molecule has 65 valence electrons. The fourth-order valence-corrected chi connectivity index (χ4v) is 1.99. The summed E-state index contributed by atoms with van der Waals surface area (Å²) in [6.45, 7) is 3.75. The summed E-state index contributed by atoms with van der Waals surface area (Å²) < 4.78 is 0. The molecule has 1 radical (unpaired) electrons. The van der Waals surface area contributed by atoms with E-state index in [-0.39, 0.29) is 10.6 Å². The van der Waals surface area contributed by atoms with Crippen molar-refractivity contribution in [2.45, 2.75) is 0 Å². The Kier molecular flexibility index (Phi) is 1.77. The fourth-order valence-electron chi connectivity index (χ4n) is 1.32. The summed E-state index contributed by atoms with van der Waals surface area (Å²) in [6, 6.07) is 3.37. The van der Waals surface area contributed by atoms with Crippen LogP contribution in [-0.4, -0.2) is 4.92 Å². The van der Waals surface area contributed by atoms with E-state index >= 15 is 0 Å². The van der Waals surface area contributed by atoms with Gasteiger partial charge >= 0.3 is 0 Å². The highest BCUT2D eigenvalue weighted by atomic mass is 32.1. The Morgan fingerprint density at radius 2 is 2.23 bits per heavy atom. The van der Waals surface area contributed by atoms with Crippen LogP contribution >= 0.6 is 11.3 Å². The van der Waals surface area contributed by atoms with Crippen LogP contribution in [0.15, 0.2) is 22.9 Å². The van der Waals surface area contributed by atoms with Gasteiger partial charge in [-0.25, -0.2) is 0 Å². The van der Waals surface area contributed by atoms with Crippen molar-refractivity contribution in [3.8, 4) is 11.1 Å². The molecule has 0 atom stereocenters. The molecule has 1 heterocycles. The molecule has 0 saturated carbocycles. The van der Waals surface area contributed by atoms with Gasteiger partial charge in [-0.15, -0.1) is 0 Å². The van der Waals surface area contributed by atoms with Gasteiger partial charge < -0.3 is 0 Å². The SMILES string of the molecule is [CH2]c1cc([N+](=O)[O-])c2csccc1-2. The molecule has 1 aliphatic carbocycles. The lowest BCUT2D eigenvalue weighted by atomic mass is 10.1. The molecule has 0 aromatic rings. The molecule has 4 heteroatoms. The summed E-state index contributed by atoms with van der Waals surface area (Å²) in [4.78, 5) is 10.2. The van der Waals surface area contributed by atoms with Gasteiger partial charge in [-0.1, -0.05) is 0 Å². The number of fused-ring (bicyclic) bond motifs is 1. The summed E-state index contributed by atoms with van der Waals surface area (Å²) in [7, 11) is 0. The molecule has 2 aliphatic rings. The standard InChI is InChI=1S/C9H6NO2S/c1-6-4-9(10(11)12)8-5-13-3-2-7(6)8/h2-5H,1H2. The van der Waals surface area contributed by atoms with Crippen molar-refractivity contribution in [2.24, 2.45) is 0 Å². The van der Waals surface area contributed by atoms with E-state index in [0.717, 1.165) is 11.1 Å². The van der Waals surface area contributed by atoms with Crippen molar-refractivity contribution in [1.29, 1.82) is 0 Å². The van der Waals surface area contributed by atoms with Crippen molar-refractivity contribution in [3.63, 3.8) is 0 Å². The smallest absolute Gasteiger partial charge is 0.258 e. The molecule has 0 N–H and O–H groups in total. The van der Waals surface area contributed by atoms with Crippen LogP contribution < -0.4 is 0 Å². The summed E-state index contributed by atoms with van der Waals surface area (Å²) in [5.41, 5.74) is 2.42. The van der Waals surface area contributed by atoms with Gasteiger partial charge in [0.05, 0.1) is 10.5 Å². The molecule has 0 unspecified atom stereocenters. The van der Waals surface area contributed by atoms with Crippen LogP contribution in [0.5, 0.6) is 0 Å². The van der Waals surface area contributed by atoms with Gasteiger partial charge in [0.25, 0.3) is 5.69 Å². The van der Waals surface area contributed by atoms with Gasteiger partial charge in [-0.3, -0.25) is 10.1 Å². The molecule has 0 spiro atoms. The maximum Gasteiger partial charge on any atom is 0.278 e. The van der Waals surface area contributed by atoms with Crippen LogP contribution in [0, 0.1) is 17.0 Å². The zero-order valence-corrected chi connectivity index (χ0v) is 7.50. The monoisotopic (exact) mass is 192 g/mol. The highest BCUT2D eigenvalue weighted by Gasteiger charge is 2.20. The first-order valence-corrected chi connectivity index (χ1v) is 4.59. The first kappa shape index (κ1) is 8.19. The van der Waals surface area contributed by atoms with Crippen molar-refractivity contribution in [1.82, 2.24) is 0 Å². The molecule has 0 amide bonds. The molecule has 0 fully saturated rings. The maximum atomic E-state index is 10.6. The number of nitro groups is 1. The summed E-state index contributed by atoms with van der Waals surface area (Å²) in [5.74, 6) is 0. The summed E-state index contributed by atoms with van der Waals surface area (Å²) in [6.07, 6.45) is 0. The Labute approximate surface area is 79.1 Å². The predicted molar refractivity (Wildman–Crippen MR) is 52.1 cm³/mol. The molecule has 2 rings (SSSR count). The fraction of sp³-hybridized carbons (Fsp3) is 0. The topological polar surface area (TPSA) is 43.1 Å². The largest absolute Gasteiger partial charge is 0.278 e. The van der Waals surface area contributed by atoms with Crippen molar-refractivity contribution in [3.05, 3.63) is 45.5 Å². The van der Waals surface area contributed by atoms with Crippen LogP contribution in [0.25, 0.3) is 11.1 Å². The minimum Gasteiger partial charge on any atom is -0.258 e. The van der Waals surface area contributed by atoms with E-state index in [2.05, 4.69) is 6.92 Å². The molecule has 3 nitrogen and oxygen atoms in total. The van der Waals surface area contributed by atoms with Crippen LogP contribution in [0.1, 0.15) is 5.56 Å². The second kappa shape index (κ2) is 2.81. The van der Waals surface area contributed by atoms with E-state index in [9.17, 15) is 10.1 Å². The minimum atomic E-state index is -0.371. The Morgan fingerprint density at radius 3 is 2.92 bits per heavy atom. The molecule has 0 aromatic heterocycles. The first-order valence-electron chi connectivity index (χ1n) is 3.65. The van der Waals surface area contributed by atoms with Gasteiger partial charge in [0, 0.05) is 11.4 Å². The zero-order valence-electron chi connectivity index (χ0n) is 6.69. The van der Waals surface area contributed by atoms with Crippen LogP contribution in [0.4, 0.5) is 5.69 Å². The summed E-state index contributed by atoms with van der Waals surface area (Å²) >= 11 is 1.44. The van der Waals surface area contributed by atoms with Crippen LogP contribution in [-0.2, 0) is 0 Å². The van der Waals surface area contributed by atoms with E-state index in [0.29, 0.717) is 5.56 Å². The number of hydrogen-bond acceptors (Lipinski definition) is 3. The van der Waals surface area contributed by atoms with Gasteiger partial charge in [-0.05, 0) is 29.5 Å². The minimum absolute atomic E-state index is 0.150. The summed E-state index contributed by atoms with van der Waals surface area (Å²) in [5, 5.41) is 14.3.